The monoisotopic (exact) mass is 298 g/mol. The van der Waals surface area contributed by atoms with E-state index < -0.39 is 11.9 Å². The lowest BCUT2D eigenvalue weighted by molar-refractivity contribution is 0.0528. The zero-order valence-corrected chi connectivity index (χ0v) is 12.3. The number of esters is 2. The molecule has 110 valence electrons. The van der Waals surface area contributed by atoms with E-state index in [1.807, 2.05) is 0 Å². The van der Waals surface area contributed by atoms with E-state index in [1.54, 1.807) is 19.9 Å². The van der Waals surface area contributed by atoms with Crippen LogP contribution in [0.25, 0.3) is 0 Å². The minimum Gasteiger partial charge on any atom is -0.462 e. The van der Waals surface area contributed by atoms with Crippen molar-refractivity contribution in [3.63, 3.8) is 0 Å². The van der Waals surface area contributed by atoms with Crippen LogP contribution in [0, 0.1) is 0 Å². The normalized spacial score (nSPS) is 9.90. The Morgan fingerprint density at radius 1 is 1.30 bits per heavy atom. The van der Waals surface area contributed by atoms with Crippen LogP contribution < -0.4 is 11.1 Å². The topological polar surface area (TPSA) is 90.6 Å². The Morgan fingerprint density at radius 2 is 1.90 bits per heavy atom. The van der Waals surface area contributed by atoms with E-state index in [-0.39, 0.29) is 29.3 Å². The molecule has 0 aliphatic heterocycles. The third-order valence-corrected chi connectivity index (χ3v) is 3.44. The first kappa shape index (κ1) is 16.0. The summed E-state index contributed by atoms with van der Waals surface area (Å²) in [5, 5.41) is 3.45. The quantitative estimate of drug-likeness (QED) is 0.593. The molecule has 1 rings (SSSR count). The summed E-state index contributed by atoms with van der Waals surface area (Å²) in [6, 6.07) is 0. The van der Waals surface area contributed by atoms with Crippen molar-refractivity contribution < 1.29 is 19.1 Å². The predicted molar refractivity (Wildman–Crippen MR) is 79.3 cm³/mol. The lowest BCUT2D eigenvalue weighted by atomic mass is 10.2. The zero-order chi connectivity index (χ0) is 15.1. The summed E-state index contributed by atoms with van der Waals surface area (Å²) in [5.41, 5.74) is 6.13. The average Bonchev–Trinajstić information content (AvgIpc) is 2.74. The molecule has 0 saturated carbocycles. The van der Waals surface area contributed by atoms with Crippen LogP contribution in [0.5, 0.6) is 0 Å². The van der Waals surface area contributed by atoms with Gasteiger partial charge in [-0.15, -0.1) is 17.9 Å². The van der Waals surface area contributed by atoms with Gasteiger partial charge < -0.3 is 20.5 Å². The van der Waals surface area contributed by atoms with E-state index in [0.717, 1.165) is 11.3 Å². The summed E-state index contributed by atoms with van der Waals surface area (Å²) in [4.78, 5) is 23.9. The van der Waals surface area contributed by atoms with Gasteiger partial charge in [0, 0.05) is 6.54 Å². The van der Waals surface area contributed by atoms with Gasteiger partial charge in [-0.2, -0.15) is 0 Å². The molecule has 1 aromatic rings. The molecule has 6 nitrogen and oxygen atoms in total. The summed E-state index contributed by atoms with van der Waals surface area (Å²) in [5.74, 6) is -1.12. The number of rotatable bonds is 7. The Bertz CT molecular complexity index is 511. The smallest absolute Gasteiger partial charge is 0.350 e. The van der Waals surface area contributed by atoms with Gasteiger partial charge in [0.15, 0.2) is 0 Å². The van der Waals surface area contributed by atoms with Crippen LogP contribution in [0.3, 0.4) is 0 Å². The minimum atomic E-state index is -0.566. The number of ether oxygens (including phenoxy) is 2. The number of nitrogen functional groups attached to an aromatic ring is 1. The fourth-order valence-electron chi connectivity index (χ4n) is 1.49. The van der Waals surface area contributed by atoms with Gasteiger partial charge in [0.2, 0.25) is 0 Å². The van der Waals surface area contributed by atoms with E-state index in [9.17, 15) is 9.59 Å². The van der Waals surface area contributed by atoms with Crippen LogP contribution in [0.2, 0.25) is 0 Å². The lowest BCUT2D eigenvalue weighted by Gasteiger charge is -2.05. The standard InChI is InChI=1S/C13H18N2O4S/c1-4-7-15-11-8(12(16)18-5-2)9(14)10(20-11)13(17)19-6-3/h4,15H,1,5-7,14H2,2-3H3. The van der Waals surface area contributed by atoms with E-state index in [0.29, 0.717) is 11.5 Å². The third-order valence-electron chi connectivity index (χ3n) is 2.29. The van der Waals surface area contributed by atoms with Gasteiger partial charge in [-0.05, 0) is 13.8 Å². The van der Waals surface area contributed by atoms with Crippen LogP contribution in [-0.4, -0.2) is 31.7 Å². The minimum absolute atomic E-state index is 0.0819. The highest BCUT2D eigenvalue weighted by Crippen LogP contribution is 2.36. The van der Waals surface area contributed by atoms with Crippen molar-refractivity contribution in [2.75, 3.05) is 30.8 Å². The number of carbonyl (C=O) groups excluding carboxylic acids is 2. The van der Waals surface area contributed by atoms with E-state index >= 15 is 0 Å². The molecule has 0 aliphatic rings. The molecular weight excluding hydrogens is 280 g/mol. The molecule has 0 fully saturated rings. The second-order valence-corrected chi connectivity index (χ2v) is 4.68. The molecule has 0 aromatic carbocycles. The molecule has 0 aliphatic carbocycles. The van der Waals surface area contributed by atoms with Crippen LogP contribution in [0.15, 0.2) is 12.7 Å². The lowest BCUT2D eigenvalue weighted by Crippen LogP contribution is -2.11. The molecule has 20 heavy (non-hydrogen) atoms. The van der Waals surface area contributed by atoms with Crippen molar-refractivity contribution in [1.82, 2.24) is 0 Å². The van der Waals surface area contributed by atoms with E-state index in [4.69, 9.17) is 15.2 Å². The molecule has 0 radical (unpaired) electrons. The van der Waals surface area contributed by atoms with Crippen LogP contribution in [-0.2, 0) is 9.47 Å². The first-order chi connectivity index (χ1) is 9.56. The predicted octanol–water partition coefficient (Wildman–Crippen LogP) is 2.28. The highest BCUT2D eigenvalue weighted by molar-refractivity contribution is 7.19. The molecule has 0 spiro atoms. The molecule has 0 atom stereocenters. The molecule has 1 heterocycles. The maximum Gasteiger partial charge on any atom is 0.350 e. The highest BCUT2D eigenvalue weighted by atomic mass is 32.1. The van der Waals surface area contributed by atoms with Gasteiger partial charge in [-0.25, -0.2) is 9.59 Å². The summed E-state index contributed by atoms with van der Waals surface area (Å²) in [6.07, 6.45) is 1.63. The Labute approximate surface area is 121 Å². The molecule has 0 saturated heterocycles. The summed E-state index contributed by atoms with van der Waals surface area (Å²) in [7, 11) is 0. The number of nitrogens with one attached hydrogen (secondary N) is 1. The van der Waals surface area contributed by atoms with Crippen molar-refractivity contribution in [2.45, 2.75) is 13.8 Å². The number of anilines is 2. The van der Waals surface area contributed by atoms with Gasteiger partial charge in [0.25, 0.3) is 0 Å². The number of carbonyl (C=O) groups is 2. The summed E-state index contributed by atoms with van der Waals surface area (Å²) >= 11 is 1.07. The Kier molecular flexibility index (Phi) is 6.05. The van der Waals surface area contributed by atoms with Crippen molar-refractivity contribution in [3.8, 4) is 0 Å². The van der Waals surface area contributed by atoms with E-state index in [1.165, 1.54) is 0 Å². The number of thiophene rings is 1. The molecule has 0 amide bonds. The maximum atomic E-state index is 11.9. The van der Waals surface area contributed by atoms with Crippen molar-refractivity contribution in [3.05, 3.63) is 23.1 Å². The van der Waals surface area contributed by atoms with Gasteiger partial charge in [-0.1, -0.05) is 6.08 Å². The van der Waals surface area contributed by atoms with Gasteiger partial charge in [-0.3, -0.25) is 0 Å². The average molecular weight is 298 g/mol. The Morgan fingerprint density at radius 3 is 2.45 bits per heavy atom. The molecular formula is C13H18N2O4S. The van der Waals surface area contributed by atoms with Crippen molar-refractivity contribution >= 4 is 34.0 Å². The van der Waals surface area contributed by atoms with Crippen LogP contribution >= 0.6 is 11.3 Å². The second kappa shape index (κ2) is 7.54. The first-order valence-electron chi connectivity index (χ1n) is 6.18. The van der Waals surface area contributed by atoms with Crippen LogP contribution in [0.4, 0.5) is 10.7 Å². The van der Waals surface area contributed by atoms with Gasteiger partial charge >= 0.3 is 11.9 Å². The Balaban J connectivity index is 3.19. The first-order valence-corrected chi connectivity index (χ1v) is 6.99. The van der Waals surface area contributed by atoms with Gasteiger partial charge in [0.05, 0.1) is 18.9 Å². The van der Waals surface area contributed by atoms with Crippen molar-refractivity contribution in [2.24, 2.45) is 0 Å². The molecule has 0 unspecified atom stereocenters. The molecule has 3 N–H and O–H groups in total. The number of hydrogen-bond acceptors (Lipinski definition) is 7. The Hall–Kier alpha value is -2.02. The summed E-state index contributed by atoms with van der Waals surface area (Å²) < 4.78 is 9.86. The summed E-state index contributed by atoms with van der Waals surface area (Å²) in [6.45, 7) is 7.88. The fraction of sp³-hybridized carbons (Fsp3) is 0.385. The van der Waals surface area contributed by atoms with E-state index in [2.05, 4.69) is 11.9 Å². The molecule has 0 bridgehead atoms. The highest BCUT2D eigenvalue weighted by Gasteiger charge is 2.26. The SMILES string of the molecule is C=CCNc1sc(C(=O)OCC)c(N)c1C(=O)OCC. The third kappa shape index (κ3) is 3.51. The number of hydrogen-bond donors (Lipinski definition) is 2. The van der Waals surface area contributed by atoms with Gasteiger partial charge in [0.1, 0.15) is 15.4 Å². The maximum absolute atomic E-state index is 11.9. The number of nitrogens with two attached hydrogens (primary N) is 1. The van der Waals surface area contributed by atoms with Crippen molar-refractivity contribution in [1.29, 1.82) is 0 Å². The van der Waals surface area contributed by atoms with Crippen LogP contribution in [0.1, 0.15) is 33.9 Å². The molecule has 1 aromatic heterocycles. The molecule has 7 heteroatoms. The second-order valence-electron chi connectivity index (χ2n) is 3.66. The largest absolute Gasteiger partial charge is 0.462 e. The fourth-order valence-corrected chi connectivity index (χ4v) is 2.50. The zero-order valence-electron chi connectivity index (χ0n) is 11.5.